The van der Waals surface area contributed by atoms with Crippen LogP contribution in [-0.4, -0.2) is 24.6 Å². The molecule has 1 rings (SSSR count). The minimum absolute atomic E-state index is 0.0751. The van der Waals surface area contributed by atoms with Gasteiger partial charge in [0.1, 0.15) is 6.54 Å². The summed E-state index contributed by atoms with van der Waals surface area (Å²) in [5, 5.41) is 2.05. The van der Waals surface area contributed by atoms with Gasteiger partial charge in [-0.25, -0.2) is 0 Å². The maximum atomic E-state index is 10.2. The monoisotopic (exact) mass is 112 g/mol. The molecule has 1 heterocycles. The molecule has 4 heteroatoms. The topological polar surface area (TPSA) is 58.5 Å². The Morgan fingerprint density at radius 1 is 1.62 bits per heavy atom. The van der Waals surface area contributed by atoms with E-state index in [9.17, 15) is 9.59 Å². The van der Waals surface area contributed by atoms with Gasteiger partial charge in [0, 0.05) is 0 Å². The first kappa shape index (κ1) is 4.96. The Balaban J connectivity index is 2.68. The van der Waals surface area contributed by atoms with Gasteiger partial charge in [0.15, 0.2) is 0 Å². The number of hydrogen-bond donors (Lipinski definition) is 1. The van der Waals surface area contributed by atoms with Gasteiger partial charge >= 0.3 is 0 Å². The average Bonchev–Trinajstić information content (AvgIpc) is 1.64. The van der Waals surface area contributed by atoms with Crippen molar-refractivity contribution in [2.45, 2.75) is 0 Å². The lowest BCUT2D eigenvalue weighted by atomic mass is 10.5. The molecule has 0 radical (unpaired) electrons. The summed E-state index contributed by atoms with van der Waals surface area (Å²) in [5.74, 6) is -0.765. The number of carbonyl (C=O) groups excluding carboxylic acids is 2. The fourth-order valence-electron chi connectivity index (χ4n) is 0.421. The number of nitrogens with zero attached hydrogens (tertiary/aromatic N) is 1. The van der Waals surface area contributed by atoms with Crippen molar-refractivity contribution in [3.63, 3.8) is 0 Å². The highest BCUT2D eigenvalue weighted by molar-refractivity contribution is 6.31. The van der Waals surface area contributed by atoms with Crippen molar-refractivity contribution in [2.75, 3.05) is 6.54 Å². The fraction of sp³-hybridized carbons (Fsp3) is 0.250. The van der Waals surface area contributed by atoms with E-state index in [-0.39, 0.29) is 12.5 Å². The Kier molecular flexibility index (Phi) is 1.07. The van der Waals surface area contributed by atoms with E-state index in [0.29, 0.717) is 0 Å². The highest BCUT2D eigenvalue weighted by atomic mass is 16.2. The first-order chi connectivity index (χ1) is 3.79. The van der Waals surface area contributed by atoms with Gasteiger partial charge < -0.3 is 0 Å². The number of carbonyl (C=O) groups is 2. The molecule has 0 aromatic carbocycles. The number of nitrogens with one attached hydrogen (secondary N) is 1. The molecule has 0 saturated carbocycles. The lowest BCUT2D eigenvalue weighted by Crippen LogP contribution is -2.36. The van der Waals surface area contributed by atoms with Gasteiger partial charge in [-0.2, -0.15) is 0 Å². The van der Waals surface area contributed by atoms with E-state index in [1.54, 1.807) is 0 Å². The smallest absolute Gasteiger partial charge is 0.268 e. The van der Waals surface area contributed by atoms with Gasteiger partial charge in [0.2, 0.25) is 5.91 Å². The predicted octanol–water partition coefficient (Wildman–Crippen LogP) is -1.29. The van der Waals surface area contributed by atoms with Gasteiger partial charge in [-0.15, -0.1) is 0 Å². The van der Waals surface area contributed by atoms with Crippen molar-refractivity contribution >= 4 is 18.0 Å². The molecule has 0 bridgehead atoms. The molecule has 4 nitrogen and oxygen atoms in total. The van der Waals surface area contributed by atoms with Crippen LogP contribution in [0.2, 0.25) is 0 Å². The summed E-state index contributed by atoms with van der Waals surface area (Å²) in [6.45, 7) is 0.0751. The summed E-state index contributed by atoms with van der Waals surface area (Å²) in [6.07, 6.45) is 1.10. The number of amides is 2. The van der Waals surface area contributed by atoms with Gasteiger partial charge in [0.05, 0.1) is 6.21 Å². The first-order valence-electron chi connectivity index (χ1n) is 2.12. The first-order valence-corrected chi connectivity index (χ1v) is 2.12. The van der Waals surface area contributed by atoms with Crippen molar-refractivity contribution in [3.8, 4) is 0 Å². The summed E-state index contributed by atoms with van der Waals surface area (Å²) in [5.41, 5.74) is 0. The van der Waals surface area contributed by atoms with E-state index in [1.807, 2.05) is 0 Å². The Morgan fingerprint density at radius 2 is 2.38 bits per heavy atom. The molecule has 0 spiro atoms. The van der Waals surface area contributed by atoms with Crippen LogP contribution in [-0.2, 0) is 9.59 Å². The van der Waals surface area contributed by atoms with Crippen LogP contribution in [0.5, 0.6) is 0 Å². The van der Waals surface area contributed by atoms with Crippen LogP contribution in [0.15, 0.2) is 4.99 Å². The highest BCUT2D eigenvalue weighted by Gasteiger charge is 2.07. The molecule has 0 fully saturated rings. The van der Waals surface area contributed by atoms with Crippen LogP contribution >= 0.6 is 0 Å². The predicted molar refractivity (Wildman–Crippen MR) is 26.5 cm³/mol. The summed E-state index contributed by atoms with van der Waals surface area (Å²) < 4.78 is 0. The quantitative estimate of drug-likeness (QED) is 0.396. The molecule has 42 valence electrons. The highest BCUT2D eigenvalue weighted by Crippen LogP contribution is 1.76. The molecule has 8 heavy (non-hydrogen) atoms. The summed E-state index contributed by atoms with van der Waals surface area (Å²) >= 11 is 0. The Labute approximate surface area is 45.6 Å². The van der Waals surface area contributed by atoms with Crippen molar-refractivity contribution < 1.29 is 9.59 Å². The minimum Gasteiger partial charge on any atom is -0.290 e. The van der Waals surface area contributed by atoms with Gasteiger partial charge in [-0.1, -0.05) is 0 Å². The standard InChI is InChI=1S/C4H4N2O2/c7-3-1-5-2-4(8)6-3/h1H,2H2,(H,6,7,8). The van der Waals surface area contributed by atoms with E-state index >= 15 is 0 Å². The molecule has 1 aliphatic rings. The van der Waals surface area contributed by atoms with Gasteiger partial charge in [-0.05, 0) is 0 Å². The molecule has 0 unspecified atom stereocenters. The molecule has 0 aromatic rings. The third kappa shape index (κ3) is 0.900. The normalized spacial score (nSPS) is 18.5. The molecule has 1 N–H and O–H groups in total. The molecule has 0 atom stereocenters. The third-order valence-electron chi connectivity index (χ3n) is 0.706. The lowest BCUT2D eigenvalue weighted by molar-refractivity contribution is -0.126. The second-order valence-electron chi connectivity index (χ2n) is 1.38. The number of rotatable bonds is 0. The molecular formula is C4H4N2O2. The van der Waals surface area contributed by atoms with E-state index in [2.05, 4.69) is 10.3 Å². The molecule has 2 amide bonds. The Morgan fingerprint density at radius 3 is 2.75 bits per heavy atom. The van der Waals surface area contributed by atoms with Crippen molar-refractivity contribution in [2.24, 2.45) is 4.99 Å². The van der Waals surface area contributed by atoms with E-state index in [1.165, 1.54) is 0 Å². The van der Waals surface area contributed by atoms with Crippen LogP contribution in [0.25, 0.3) is 0 Å². The SMILES string of the molecule is O=C1C=NCC(=O)N1. The average molecular weight is 112 g/mol. The van der Waals surface area contributed by atoms with Crippen molar-refractivity contribution in [1.82, 2.24) is 5.32 Å². The molecular weight excluding hydrogens is 108 g/mol. The van der Waals surface area contributed by atoms with E-state index in [4.69, 9.17) is 0 Å². The zero-order chi connectivity index (χ0) is 5.98. The second kappa shape index (κ2) is 1.73. The maximum Gasteiger partial charge on any atom is 0.268 e. The molecule has 1 aliphatic heterocycles. The van der Waals surface area contributed by atoms with Crippen molar-refractivity contribution in [3.05, 3.63) is 0 Å². The number of imide groups is 1. The zero-order valence-corrected chi connectivity index (χ0v) is 4.05. The Hall–Kier alpha value is -1.19. The van der Waals surface area contributed by atoms with E-state index < -0.39 is 5.91 Å². The molecule has 0 aliphatic carbocycles. The number of hydrogen-bond acceptors (Lipinski definition) is 3. The lowest BCUT2D eigenvalue weighted by Gasteiger charge is -2.00. The summed E-state index contributed by atoms with van der Waals surface area (Å²) in [4.78, 5) is 23.9. The van der Waals surface area contributed by atoms with E-state index in [0.717, 1.165) is 6.21 Å². The molecule has 0 aromatic heterocycles. The van der Waals surface area contributed by atoms with Crippen LogP contribution < -0.4 is 5.32 Å². The van der Waals surface area contributed by atoms with Gasteiger partial charge in [0.25, 0.3) is 5.91 Å². The van der Waals surface area contributed by atoms with Crippen LogP contribution in [0.3, 0.4) is 0 Å². The van der Waals surface area contributed by atoms with Crippen molar-refractivity contribution in [1.29, 1.82) is 0 Å². The van der Waals surface area contributed by atoms with Crippen LogP contribution in [0, 0.1) is 0 Å². The second-order valence-corrected chi connectivity index (χ2v) is 1.38. The Bertz CT molecular complexity index is 161. The maximum absolute atomic E-state index is 10.2. The van der Waals surface area contributed by atoms with Crippen LogP contribution in [0.4, 0.5) is 0 Å². The summed E-state index contributed by atoms with van der Waals surface area (Å²) in [6, 6.07) is 0. The minimum atomic E-state index is -0.429. The zero-order valence-electron chi connectivity index (χ0n) is 4.05. The van der Waals surface area contributed by atoms with Crippen LogP contribution in [0.1, 0.15) is 0 Å². The largest absolute Gasteiger partial charge is 0.290 e. The van der Waals surface area contributed by atoms with Gasteiger partial charge in [-0.3, -0.25) is 19.9 Å². The third-order valence-corrected chi connectivity index (χ3v) is 0.706. The molecule has 0 saturated heterocycles. The fourth-order valence-corrected chi connectivity index (χ4v) is 0.421. The number of aliphatic imine (C=N–C) groups is 1. The summed E-state index contributed by atoms with van der Waals surface area (Å²) in [7, 11) is 0.